The molecular formula is C12H18N2O. The number of amides is 1. The third-order valence-corrected chi connectivity index (χ3v) is 3.21. The van der Waals surface area contributed by atoms with Crippen LogP contribution in [0.4, 0.5) is 0 Å². The Bertz CT molecular complexity index is 353. The smallest absolute Gasteiger partial charge is 0.225 e. The minimum Gasteiger partial charge on any atom is -0.338 e. The molecule has 0 N–H and O–H groups in total. The summed E-state index contributed by atoms with van der Waals surface area (Å²) < 4.78 is 0. The van der Waals surface area contributed by atoms with Crippen molar-refractivity contribution in [2.75, 3.05) is 19.6 Å². The van der Waals surface area contributed by atoms with Crippen molar-refractivity contribution in [3.8, 4) is 0 Å². The molecule has 0 aliphatic carbocycles. The van der Waals surface area contributed by atoms with E-state index in [0.717, 1.165) is 31.8 Å². The van der Waals surface area contributed by atoms with Crippen LogP contribution in [0.15, 0.2) is 16.1 Å². The van der Waals surface area contributed by atoms with Crippen molar-refractivity contribution in [2.24, 2.45) is 10.9 Å². The van der Waals surface area contributed by atoms with Crippen LogP contribution < -0.4 is 0 Å². The lowest BCUT2D eigenvalue weighted by Gasteiger charge is -2.29. The van der Waals surface area contributed by atoms with Crippen LogP contribution in [0.2, 0.25) is 0 Å². The molecular weight excluding hydrogens is 188 g/mol. The van der Waals surface area contributed by atoms with Gasteiger partial charge in [0, 0.05) is 24.7 Å². The second kappa shape index (κ2) is 3.80. The Labute approximate surface area is 90.9 Å². The number of aliphatic imine (C=N–C) groups is 1. The first-order valence-corrected chi connectivity index (χ1v) is 5.60. The lowest BCUT2D eigenvalue weighted by molar-refractivity contribution is -0.134. The van der Waals surface area contributed by atoms with Crippen molar-refractivity contribution >= 4 is 11.6 Å². The van der Waals surface area contributed by atoms with Gasteiger partial charge in [-0.05, 0) is 24.5 Å². The first-order chi connectivity index (χ1) is 7.09. The first kappa shape index (κ1) is 10.4. The zero-order valence-corrected chi connectivity index (χ0v) is 9.71. The van der Waals surface area contributed by atoms with E-state index in [2.05, 4.69) is 4.99 Å². The molecule has 0 aromatic heterocycles. The van der Waals surface area contributed by atoms with E-state index in [-0.39, 0.29) is 11.8 Å². The Morgan fingerprint density at radius 1 is 1.47 bits per heavy atom. The van der Waals surface area contributed by atoms with Crippen molar-refractivity contribution in [3.05, 3.63) is 11.1 Å². The highest BCUT2D eigenvalue weighted by molar-refractivity contribution is 6.02. The predicted octanol–water partition coefficient (Wildman–Crippen LogP) is 1.65. The summed E-state index contributed by atoms with van der Waals surface area (Å²) in [6.45, 7) is 8.49. The van der Waals surface area contributed by atoms with Gasteiger partial charge in [0.2, 0.25) is 5.91 Å². The molecule has 0 atom stereocenters. The minimum atomic E-state index is 0.103. The summed E-state index contributed by atoms with van der Waals surface area (Å²) in [5, 5.41) is 0. The zero-order valence-electron chi connectivity index (χ0n) is 9.71. The Morgan fingerprint density at radius 2 is 2.20 bits per heavy atom. The summed E-state index contributed by atoms with van der Waals surface area (Å²) in [5.41, 5.74) is 3.89. The number of carbonyl (C=O) groups excluding carboxylic acids is 1. The SMILES string of the molecule is CC1=NCC2=C1CN(C(=O)C(C)C)CC2. The van der Waals surface area contributed by atoms with Crippen LogP contribution in [0.25, 0.3) is 0 Å². The van der Waals surface area contributed by atoms with Gasteiger partial charge in [-0.2, -0.15) is 0 Å². The molecule has 0 radical (unpaired) electrons. The van der Waals surface area contributed by atoms with Crippen LogP contribution in [0, 0.1) is 5.92 Å². The van der Waals surface area contributed by atoms with Crippen LogP contribution >= 0.6 is 0 Å². The predicted molar refractivity (Wildman–Crippen MR) is 61.0 cm³/mol. The topological polar surface area (TPSA) is 32.7 Å². The summed E-state index contributed by atoms with van der Waals surface area (Å²) in [5.74, 6) is 0.368. The Morgan fingerprint density at radius 3 is 2.87 bits per heavy atom. The monoisotopic (exact) mass is 206 g/mol. The molecule has 0 aromatic rings. The molecule has 0 saturated carbocycles. The van der Waals surface area contributed by atoms with Gasteiger partial charge in [0.15, 0.2) is 0 Å². The largest absolute Gasteiger partial charge is 0.338 e. The molecule has 3 nitrogen and oxygen atoms in total. The zero-order chi connectivity index (χ0) is 11.0. The lowest BCUT2D eigenvalue weighted by Crippen LogP contribution is -2.40. The third-order valence-electron chi connectivity index (χ3n) is 3.21. The Hall–Kier alpha value is -1.12. The van der Waals surface area contributed by atoms with Gasteiger partial charge in [-0.15, -0.1) is 0 Å². The maximum atomic E-state index is 11.9. The van der Waals surface area contributed by atoms with E-state index in [9.17, 15) is 4.79 Å². The van der Waals surface area contributed by atoms with E-state index in [0.29, 0.717) is 0 Å². The van der Waals surface area contributed by atoms with Crippen LogP contribution in [-0.4, -0.2) is 36.2 Å². The fraction of sp³-hybridized carbons (Fsp3) is 0.667. The van der Waals surface area contributed by atoms with Crippen molar-refractivity contribution in [3.63, 3.8) is 0 Å². The second-order valence-corrected chi connectivity index (χ2v) is 4.65. The highest BCUT2D eigenvalue weighted by atomic mass is 16.2. The summed E-state index contributed by atoms with van der Waals surface area (Å²) in [6, 6.07) is 0. The summed E-state index contributed by atoms with van der Waals surface area (Å²) in [7, 11) is 0. The molecule has 0 bridgehead atoms. The van der Waals surface area contributed by atoms with Crippen LogP contribution in [0.1, 0.15) is 27.2 Å². The normalized spacial score (nSPS) is 20.8. The number of hydrogen-bond acceptors (Lipinski definition) is 2. The molecule has 2 aliphatic rings. The van der Waals surface area contributed by atoms with E-state index >= 15 is 0 Å². The van der Waals surface area contributed by atoms with Crippen molar-refractivity contribution in [2.45, 2.75) is 27.2 Å². The van der Waals surface area contributed by atoms with Gasteiger partial charge in [0.25, 0.3) is 0 Å². The van der Waals surface area contributed by atoms with E-state index in [1.54, 1.807) is 0 Å². The van der Waals surface area contributed by atoms with E-state index in [1.165, 1.54) is 11.1 Å². The number of rotatable bonds is 1. The van der Waals surface area contributed by atoms with Gasteiger partial charge in [-0.3, -0.25) is 9.79 Å². The maximum Gasteiger partial charge on any atom is 0.225 e. The van der Waals surface area contributed by atoms with Crippen molar-refractivity contribution in [1.29, 1.82) is 0 Å². The Kier molecular flexibility index (Phi) is 2.63. The molecule has 15 heavy (non-hydrogen) atoms. The van der Waals surface area contributed by atoms with Crippen LogP contribution in [0.3, 0.4) is 0 Å². The third kappa shape index (κ3) is 1.83. The fourth-order valence-electron chi connectivity index (χ4n) is 2.21. The average molecular weight is 206 g/mol. The second-order valence-electron chi connectivity index (χ2n) is 4.65. The van der Waals surface area contributed by atoms with Gasteiger partial charge in [-0.25, -0.2) is 0 Å². The molecule has 1 amide bonds. The molecule has 2 heterocycles. The summed E-state index contributed by atoms with van der Waals surface area (Å²) in [4.78, 5) is 18.2. The molecule has 0 fully saturated rings. The highest BCUT2D eigenvalue weighted by Gasteiger charge is 2.27. The Balaban J connectivity index is 2.11. The molecule has 2 rings (SSSR count). The molecule has 0 unspecified atom stereocenters. The molecule has 0 saturated heterocycles. The van der Waals surface area contributed by atoms with E-state index < -0.39 is 0 Å². The number of hydrogen-bond donors (Lipinski definition) is 0. The van der Waals surface area contributed by atoms with Gasteiger partial charge < -0.3 is 4.90 Å². The number of nitrogens with zero attached hydrogens (tertiary/aromatic N) is 2. The molecule has 3 heteroatoms. The average Bonchev–Trinajstić information content (AvgIpc) is 2.59. The quantitative estimate of drug-likeness (QED) is 0.642. The van der Waals surface area contributed by atoms with Crippen LogP contribution in [-0.2, 0) is 4.79 Å². The van der Waals surface area contributed by atoms with Gasteiger partial charge >= 0.3 is 0 Å². The molecule has 82 valence electrons. The van der Waals surface area contributed by atoms with E-state index in [4.69, 9.17) is 0 Å². The first-order valence-electron chi connectivity index (χ1n) is 5.60. The summed E-state index contributed by atoms with van der Waals surface area (Å²) >= 11 is 0. The van der Waals surface area contributed by atoms with Crippen LogP contribution in [0.5, 0.6) is 0 Å². The van der Waals surface area contributed by atoms with E-state index in [1.807, 2.05) is 25.7 Å². The number of carbonyl (C=O) groups is 1. The minimum absolute atomic E-state index is 0.103. The maximum absolute atomic E-state index is 11.9. The van der Waals surface area contributed by atoms with Gasteiger partial charge in [0.1, 0.15) is 0 Å². The van der Waals surface area contributed by atoms with Gasteiger partial charge in [-0.1, -0.05) is 13.8 Å². The lowest BCUT2D eigenvalue weighted by atomic mass is 9.98. The fourth-order valence-corrected chi connectivity index (χ4v) is 2.21. The van der Waals surface area contributed by atoms with Crippen molar-refractivity contribution in [1.82, 2.24) is 4.90 Å². The summed E-state index contributed by atoms with van der Waals surface area (Å²) in [6.07, 6.45) is 1.01. The van der Waals surface area contributed by atoms with Gasteiger partial charge in [0.05, 0.1) is 6.54 Å². The molecule has 0 aromatic carbocycles. The molecule has 2 aliphatic heterocycles. The van der Waals surface area contributed by atoms with Crippen molar-refractivity contribution < 1.29 is 4.79 Å². The highest BCUT2D eigenvalue weighted by Crippen LogP contribution is 2.25. The molecule has 0 spiro atoms. The standard InChI is InChI=1S/C12H18N2O/c1-8(2)12(15)14-5-4-10-6-13-9(3)11(10)7-14/h8H,4-7H2,1-3H3.